The Balaban J connectivity index is 3.92. The average molecular weight is 163 g/mol. The SMILES string of the molecule is NC(CC(=O)O)C(O)C(=O)O. The van der Waals surface area contributed by atoms with Crippen molar-refractivity contribution in [2.75, 3.05) is 0 Å². The maximum Gasteiger partial charge on any atom is 0.334 e. The molecule has 0 saturated carbocycles. The van der Waals surface area contributed by atoms with Gasteiger partial charge in [0, 0.05) is 0 Å². The average Bonchev–Trinajstić information content (AvgIpc) is 1.84. The van der Waals surface area contributed by atoms with Gasteiger partial charge in [0.1, 0.15) is 0 Å². The van der Waals surface area contributed by atoms with Crippen LogP contribution in [0.4, 0.5) is 0 Å². The number of rotatable bonds is 4. The minimum absolute atomic E-state index is 0.562. The minimum atomic E-state index is -1.81. The predicted molar refractivity (Wildman–Crippen MR) is 33.9 cm³/mol. The number of carbonyl (C=O) groups is 2. The fourth-order valence-electron chi connectivity index (χ4n) is 0.496. The Morgan fingerprint density at radius 2 is 1.82 bits per heavy atom. The summed E-state index contributed by atoms with van der Waals surface area (Å²) in [6.07, 6.45) is -2.38. The van der Waals surface area contributed by atoms with Gasteiger partial charge < -0.3 is 21.1 Å². The second-order valence-electron chi connectivity index (χ2n) is 2.04. The van der Waals surface area contributed by atoms with E-state index in [0.29, 0.717) is 0 Å². The molecule has 2 unspecified atom stereocenters. The number of aliphatic hydroxyl groups is 1. The van der Waals surface area contributed by atoms with E-state index in [1.807, 2.05) is 0 Å². The second kappa shape index (κ2) is 3.89. The summed E-state index contributed by atoms with van der Waals surface area (Å²) in [5.74, 6) is -2.75. The normalized spacial score (nSPS) is 15.5. The Morgan fingerprint density at radius 1 is 1.36 bits per heavy atom. The third-order valence-electron chi connectivity index (χ3n) is 1.07. The zero-order valence-corrected chi connectivity index (χ0v) is 5.60. The Morgan fingerprint density at radius 3 is 2.09 bits per heavy atom. The number of carboxylic acid groups (broad SMARTS) is 2. The molecule has 0 radical (unpaired) electrons. The highest BCUT2D eigenvalue weighted by molar-refractivity contribution is 5.75. The van der Waals surface area contributed by atoms with Crippen LogP contribution in [0.5, 0.6) is 0 Å². The molecule has 0 spiro atoms. The Kier molecular flexibility index (Phi) is 3.49. The molecule has 2 atom stereocenters. The van der Waals surface area contributed by atoms with E-state index in [4.69, 9.17) is 21.1 Å². The van der Waals surface area contributed by atoms with Crippen molar-refractivity contribution in [2.24, 2.45) is 5.73 Å². The van der Waals surface area contributed by atoms with Crippen LogP contribution in [0, 0.1) is 0 Å². The topological polar surface area (TPSA) is 121 Å². The van der Waals surface area contributed by atoms with Gasteiger partial charge in [0.05, 0.1) is 12.5 Å². The second-order valence-corrected chi connectivity index (χ2v) is 2.04. The highest BCUT2D eigenvalue weighted by Crippen LogP contribution is 1.95. The number of hydrogen-bond acceptors (Lipinski definition) is 4. The molecule has 0 aromatic rings. The molecule has 0 heterocycles. The lowest BCUT2D eigenvalue weighted by atomic mass is 10.1. The van der Waals surface area contributed by atoms with E-state index in [9.17, 15) is 9.59 Å². The molecule has 11 heavy (non-hydrogen) atoms. The van der Waals surface area contributed by atoms with Crippen molar-refractivity contribution >= 4 is 11.9 Å². The molecular weight excluding hydrogens is 154 g/mol. The predicted octanol–water partition coefficient (Wildman–Crippen LogP) is -1.77. The van der Waals surface area contributed by atoms with Gasteiger partial charge in [-0.05, 0) is 0 Å². The lowest BCUT2D eigenvalue weighted by Crippen LogP contribution is -2.41. The van der Waals surface area contributed by atoms with Crippen LogP contribution < -0.4 is 5.73 Å². The molecule has 0 fully saturated rings. The van der Waals surface area contributed by atoms with Gasteiger partial charge in [-0.3, -0.25) is 4.79 Å². The standard InChI is InChI=1S/C5H9NO5/c6-2(1-3(7)8)4(9)5(10)11/h2,4,9H,1,6H2,(H,7,8)(H,10,11). The molecule has 6 heteroatoms. The summed E-state index contributed by atoms with van der Waals surface area (Å²) >= 11 is 0. The Labute approximate surface area is 62.2 Å². The molecule has 0 rings (SSSR count). The van der Waals surface area contributed by atoms with Crippen molar-refractivity contribution in [3.8, 4) is 0 Å². The number of hydrogen-bond donors (Lipinski definition) is 4. The van der Waals surface area contributed by atoms with Crippen LogP contribution >= 0.6 is 0 Å². The highest BCUT2D eigenvalue weighted by Gasteiger charge is 2.23. The highest BCUT2D eigenvalue weighted by atomic mass is 16.4. The van der Waals surface area contributed by atoms with Crippen LogP contribution in [-0.2, 0) is 9.59 Å². The van der Waals surface area contributed by atoms with Crippen molar-refractivity contribution in [1.29, 1.82) is 0 Å². The molecule has 0 aliphatic rings. The van der Waals surface area contributed by atoms with E-state index in [1.54, 1.807) is 0 Å². The summed E-state index contributed by atoms with van der Waals surface area (Å²) in [5.41, 5.74) is 5.01. The molecule has 5 N–H and O–H groups in total. The maximum atomic E-state index is 10.00. The van der Waals surface area contributed by atoms with Gasteiger partial charge in [-0.2, -0.15) is 0 Å². The van der Waals surface area contributed by atoms with Crippen molar-refractivity contribution in [3.05, 3.63) is 0 Å². The van der Waals surface area contributed by atoms with Crippen LogP contribution in [0.3, 0.4) is 0 Å². The van der Waals surface area contributed by atoms with Gasteiger partial charge in [-0.15, -0.1) is 0 Å². The van der Waals surface area contributed by atoms with Crippen molar-refractivity contribution in [2.45, 2.75) is 18.6 Å². The van der Waals surface area contributed by atoms with Crippen LogP contribution in [-0.4, -0.2) is 39.4 Å². The van der Waals surface area contributed by atoms with Gasteiger partial charge in [0.2, 0.25) is 0 Å². The van der Waals surface area contributed by atoms with Gasteiger partial charge >= 0.3 is 11.9 Å². The summed E-state index contributed by atoms with van der Waals surface area (Å²) in [6, 6.07) is -1.26. The van der Waals surface area contributed by atoms with E-state index < -0.39 is 30.5 Å². The van der Waals surface area contributed by atoms with Crippen molar-refractivity contribution < 1.29 is 24.9 Å². The lowest BCUT2D eigenvalue weighted by molar-refractivity contribution is -0.148. The summed E-state index contributed by atoms with van der Waals surface area (Å²) < 4.78 is 0. The Bertz CT molecular complexity index is 168. The molecule has 0 aliphatic heterocycles. The Hall–Kier alpha value is -1.14. The molecular formula is C5H9NO5. The largest absolute Gasteiger partial charge is 0.481 e. The zero-order valence-electron chi connectivity index (χ0n) is 5.60. The van der Waals surface area contributed by atoms with E-state index in [-0.39, 0.29) is 0 Å². The lowest BCUT2D eigenvalue weighted by Gasteiger charge is -2.11. The summed E-state index contributed by atoms with van der Waals surface area (Å²) in [7, 11) is 0. The molecule has 6 nitrogen and oxygen atoms in total. The number of aliphatic carboxylic acids is 2. The van der Waals surface area contributed by atoms with E-state index in [1.165, 1.54) is 0 Å². The third-order valence-corrected chi connectivity index (χ3v) is 1.07. The first-order valence-corrected chi connectivity index (χ1v) is 2.83. The van der Waals surface area contributed by atoms with Gasteiger partial charge in [0.15, 0.2) is 6.10 Å². The number of nitrogens with two attached hydrogens (primary N) is 1. The van der Waals surface area contributed by atoms with Crippen LogP contribution in [0.25, 0.3) is 0 Å². The minimum Gasteiger partial charge on any atom is -0.481 e. The monoisotopic (exact) mass is 163 g/mol. The summed E-state index contributed by atoms with van der Waals surface area (Å²) in [5, 5.41) is 24.9. The quantitative estimate of drug-likeness (QED) is 0.389. The maximum absolute atomic E-state index is 10.00. The van der Waals surface area contributed by atoms with Crippen LogP contribution in [0.1, 0.15) is 6.42 Å². The van der Waals surface area contributed by atoms with Crippen molar-refractivity contribution in [3.63, 3.8) is 0 Å². The molecule has 64 valence electrons. The summed E-state index contributed by atoms with van der Waals surface area (Å²) in [6.45, 7) is 0. The first kappa shape index (κ1) is 9.86. The van der Waals surface area contributed by atoms with Crippen LogP contribution in [0.15, 0.2) is 0 Å². The molecule has 0 saturated heterocycles. The number of aliphatic hydroxyl groups excluding tert-OH is 1. The summed E-state index contributed by atoms with van der Waals surface area (Å²) in [4.78, 5) is 20.0. The van der Waals surface area contributed by atoms with E-state index >= 15 is 0 Å². The fraction of sp³-hybridized carbons (Fsp3) is 0.600. The van der Waals surface area contributed by atoms with E-state index in [2.05, 4.69) is 0 Å². The molecule has 0 aliphatic carbocycles. The molecule has 0 bridgehead atoms. The molecule has 0 amide bonds. The van der Waals surface area contributed by atoms with E-state index in [0.717, 1.165) is 0 Å². The van der Waals surface area contributed by atoms with Gasteiger partial charge in [-0.1, -0.05) is 0 Å². The fourth-order valence-corrected chi connectivity index (χ4v) is 0.496. The number of carboxylic acids is 2. The van der Waals surface area contributed by atoms with Crippen LogP contribution in [0.2, 0.25) is 0 Å². The molecule has 0 aromatic heterocycles. The molecule has 0 aromatic carbocycles. The first-order chi connectivity index (χ1) is 4.95. The first-order valence-electron chi connectivity index (χ1n) is 2.83. The smallest absolute Gasteiger partial charge is 0.334 e. The van der Waals surface area contributed by atoms with Gasteiger partial charge in [-0.25, -0.2) is 4.79 Å². The third kappa shape index (κ3) is 3.54. The zero-order chi connectivity index (χ0) is 9.02. The van der Waals surface area contributed by atoms with Gasteiger partial charge in [0.25, 0.3) is 0 Å². The van der Waals surface area contributed by atoms with Crippen molar-refractivity contribution in [1.82, 2.24) is 0 Å².